The second-order valence-corrected chi connectivity index (χ2v) is 11.5. The van der Waals surface area contributed by atoms with Gasteiger partial charge in [-0.15, -0.1) is 0 Å². The topological polar surface area (TPSA) is 66.9 Å². The van der Waals surface area contributed by atoms with Crippen LogP contribution in [0.25, 0.3) is 0 Å². The smallest absolute Gasteiger partial charge is 0.253 e. The van der Waals surface area contributed by atoms with Gasteiger partial charge in [-0.25, -0.2) is 8.42 Å². The SMILES string of the molecule is CC(c1ccc(C(=O)N2CC3(CCOC3)C2)cc1)N1CCCC(c2ccccc2)S1(=O)=O. The van der Waals surface area contributed by atoms with E-state index < -0.39 is 15.3 Å². The third-order valence-corrected chi connectivity index (χ3v) is 9.68. The van der Waals surface area contributed by atoms with Crippen LogP contribution >= 0.6 is 0 Å². The molecule has 2 unspecified atom stereocenters. The van der Waals surface area contributed by atoms with Gasteiger partial charge in [0.15, 0.2) is 0 Å². The summed E-state index contributed by atoms with van der Waals surface area (Å²) in [6.45, 7) is 5.51. The molecular weight excluding hydrogens is 424 g/mol. The standard InChI is InChI=1S/C25H30N2O4S/c1-19(27-14-5-8-23(32(27,29)30)21-6-3-2-4-7-21)20-9-11-22(12-10-20)24(28)26-16-25(17-26)13-15-31-18-25/h2-4,6-7,9-12,19,23H,5,8,13-18H2,1H3. The molecule has 32 heavy (non-hydrogen) atoms. The fourth-order valence-electron chi connectivity index (χ4n) is 5.35. The molecule has 1 amide bonds. The van der Waals surface area contributed by atoms with Gasteiger partial charge < -0.3 is 9.64 Å². The molecule has 2 aromatic rings. The van der Waals surface area contributed by atoms with Crippen LogP contribution in [0.5, 0.6) is 0 Å². The van der Waals surface area contributed by atoms with Crippen LogP contribution in [0.4, 0.5) is 0 Å². The van der Waals surface area contributed by atoms with Crippen molar-refractivity contribution in [2.24, 2.45) is 5.41 Å². The molecule has 0 aromatic heterocycles. The fraction of sp³-hybridized carbons (Fsp3) is 0.480. The maximum atomic E-state index is 13.4. The normalized spacial score (nSPS) is 25.4. The van der Waals surface area contributed by atoms with Gasteiger partial charge in [0.25, 0.3) is 5.91 Å². The summed E-state index contributed by atoms with van der Waals surface area (Å²) in [6.07, 6.45) is 2.51. The van der Waals surface area contributed by atoms with E-state index in [-0.39, 0.29) is 17.4 Å². The highest BCUT2D eigenvalue weighted by Crippen LogP contribution is 2.40. The van der Waals surface area contributed by atoms with E-state index in [9.17, 15) is 13.2 Å². The molecule has 2 aromatic carbocycles. The van der Waals surface area contributed by atoms with Crippen molar-refractivity contribution in [2.75, 3.05) is 32.8 Å². The maximum Gasteiger partial charge on any atom is 0.253 e. The summed E-state index contributed by atoms with van der Waals surface area (Å²) in [6, 6.07) is 16.7. The average molecular weight is 455 g/mol. The van der Waals surface area contributed by atoms with Crippen LogP contribution in [0.2, 0.25) is 0 Å². The number of rotatable bonds is 4. The van der Waals surface area contributed by atoms with E-state index in [1.165, 1.54) is 0 Å². The number of ether oxygens (including phenoxy) is 1. The Morgan fingerprint density at radius 1 is 1.09 bits per heavy atom. The van der Waals surface area contributed by atoms with E-state index >= 15 is 0 Å². The number of sulfonamides is 1. The Labute approximate surface area is 190 Å². The van der Waals surface area contributed by atoms with E-state index in [2.05, 4.69) is 0 Å². The zero-order valence-electron chi connectivity index (χ0n) is 18.4. The molecule has 0 N–H and O–H groups in total. The number of likely N-dealkylation sites (tertiary alicyclic amines) is 1. The largest absolute Gasteiger partial charge is 0.381 e. The Kier molecular flexibility index (Phi) is 5.60. The Bertz CT molecular complexity index is 1070. The zero-order chi connectivity index (χ0) is 22.3. The van der Waals surface area contributed by atoms with Crippen LogP contribution in [0.15, 0.2) is 54.6 Å². The van der Waals surface area contributed by atoms with Gasteiger partial charge >= 0.3 is 0 Å². The van der Waals surface area contributed by atoms with Gasteiger partial charge in [0.1, 0.15) is 5.25 Å². The minimum absolute atomic E-state index is 0.0384. The molecule has 0 saturated carbocycles. The molecule has 0 radical (unpaired) electrons. The van der Waals surface area contributed by atoms with Gasteiger partial charge in [-0.2, -0.15) is 4.31 Å². The van der Waals surface area contributed by atoms with Gasteiger partial charge in [0.2, 0.25) is 10.0 Å². The van der Waals surface area contributed by atoms with Gasteiger partial charge in [-0.05, 0) is 49.4 Å². The Morgan fingerprint density at radius 3 is 2.47 bits per heavy atom. The number of hydrogen-bond donors (Lipinski definition) is 0. The highest BCUT2D eigenvalue weighted by atomic mass is 32.2. The minimum Gasteiger partial charge on any atom is -0.381 e. The van der Waals surface area contributed by atoms with Crippen LogP contribution in [0.3, 0.4) is 0 Å². The lowest BCUT2D eigenvalue weighted by Gasteiger charge is -2.47. The number of nitrogens with zero attached hydrogens (tertiary/aromatic N) is 2. The second-order valence-electron chi connectivity index (χ2n) is 9.46. The molecule has 2 atom stereocenters. The molecule has 0 bridgehead atoms. The van der Waals surface area contributed by atoms with Gasteiger partial charge in [-0.3, -0.25) is 4.79 Å². The Hall–Kier alpha value is -2.22. The highest BCUT2D eigenvalue weighted by Gasteiger charge is 2.47. The summed E-state index contributed by atoms with van der Waals surface area (Å²) in [5, 5.41) is -0.501. The molecule has 5 rings (SSSR count). The van der Waals surface area contributed by atoms with Crippen molar-refractivity contribution < 1.29 is 17.9 Å². The number of amides is 1. The van der Waals surface area contributed by atoms with Crippen molar-refractivity contribution in [3.63, 3.8) is 0 Å². The molecule has 3 fully saturated rings. The number of carbonyl (C=O) groups excluding carboxylic acids is 1. The molecule has 3 aliphatic heterocycles. The minimum atomic E-state index is -3.47. The molecule has 6 nitrogen and oxygen atoms in total. The highest BCUT2D eigenvalue weighted by molar-refractivity contribution is 7.89. The van der Waals surface area contributed by atoms with Crippen molar-refractivity contribution in [1.82, 2.24) is 9.21 Å². The van der Waals surface area contributed by atoms with Gasteiger partial charge in [-0.1, -0.05) is 42.5 Å². The lowest BCUT2D eigenvalue weighted by molar-refractivity contribution is 0.000359. The van der Waals surface area contributed by atoms with E-state index in [0.29, 0.717) is 18.5 Å². The first-order valence-electron chi connectivity index (χ1n) is 11.4. The number of hydrogen-bond acceptors (Lipinski definition) is 4. The fourth-order valence-corrected chi connectivity index (χ4v) is 7.59. The predicted octanol–water partition coefficient (Wildman–Crippen LogP) is 3.78. The van der Waals surface area contributed by atoms with Crippen molar-refractivity contribution in [3.8, 4) is 0 Å². The maximum absolute atomic E-state index is 13.4. The molecule has 7 heteroatoms. The predicted molar refractivity (Wildman–Crippen MR) is 123 cm³/mol. The monoisotopic (exact) mass is 454 g/mol. The molecule has 1 spiro atoms. The van der Waals surface area contributed by atoms with Crippen LogP contribution < -0.4 is 0 Å². The summed E-state index contributed by atoms with van der Waals surface area (Å²) in [4.78, 5) is 14.7. The van der Waals surface area contributed by atoms with Crippen molar-refractivity contribution in [1.29, 1.82) is 0 Å². The van der Waals surface area contributed by atoms with Crippen LogP contribution in [0, 0.1) is 5.41 Å². The lowest BCUT2D eigenvalue weighted by atomic mass is 9.79. The zero-order valence-corrected chi connectivity index (χ0v) is 19.3. The van der Waals surface area contributed by atoms with E-state index in [1.54, 1.807) is 4.31 Å². The van der Waals surface area contributed by atoms with Crippen molar-refractivity contribution in [2.45, 2.75) is 37.5 Å². The molecular formula is C25H30N2O4S. The second kappa shape index (κ2) is 8.28. The average Bonchev–Trinajstić information content (AvgIpc) is 3.28. The number of carbonyl (C=O) groups is 1. The van der Waals surface area contributed by atoms with Crippen molar-refractivity contribution >= 4 is 15.9 Å². The summed E-state index contributed by atoms with van der Waals surface area (Å²) in [7, 11) is -3.47. The third-order valence-electron chi connectivity index (χ3n) is 7.30. The van der Waals surface area contributed by atoms with E-state index in [4.69, 9.17) is 4.74 Å². The molecule has 0 aliphatic carbocycles. The third kappa shape index (κ3) is 3.76. The summed E-state index contributed by atoms with van der Waals surface area (Å²) >= 11 is 0. The van der Waals surface area contributed by atoms with Crippen LogP contribution in [0.1, 0.15) is 59.0 Å². The van der Waals surface area contributed by atoms with E-state index in [0.717, 1.165) is 50.3 Å². The van der Waals surface area contributed by atoms with Crippen LogP contribution in [-0.4, -0.2) is 56.4 Å². The molecule has 3 saturated heterocycles. The molecule has 3 aliphatic rings. The first-order valence-corrected chi connectivity index (χ1v) is 12.9. The first-order chi connectivity index (χ1) is 15.4. The number of benzene rings is 2. The quantitative estimate of drug-likeness (QED) is 0.705. The summed E-state index contributed by atoms with van der Waals surface area (Å²) in [5.41, 5.74) is 2.58. The molecule has 3 heterocycles. The van der Waals surface area contributed by atoms with Gasteiger partial charge in [0.05, 0.1) is 6.61 Å². The Morgan fingerprint density at radius 2 is 1.81 bits per heavy atom. The lowest BCUT2D eigenvalue weighted by Crippen LogP contribution is -2.58. The first kappa shape index (κ1) is 21.6. The van der Waals surface area contributed by atoms with Crippen molar-refractivity contribution in [3.05, 3.63) is 71.3 Å². The summed E-state index contributed by atoms with van der Waals surface area (Å²) in [5.74, 6) is 0.0384. The van der Waals surface area contributed by atoms with Gasteiger partial charge in [0, 0.05) is 43.3 Å². The van der Waals surface area contributed by atoms with Crippen LogP contribution in [-0.2, 0) is 14.8 Å². The summed E-state index contributed by atoms with van der Waals surface area (Å²) < 4.78 is 34.0. The van der Waals surface area contributed by atoms with E-state index in [1.807, 2.05) is 66.4 Å². The molecule has 170 valence electrons. The Balaban J connectivity index is 1.29.